The first-order chi connectivity index (χ1) is 9.91. The number of rotatable bonds is 2. The van der Waals surface area contributed by atoms with Crippen molar-refractivity contribution in [3.05, 3.63) is 14.7 Å². The first kappa shape index (κ1) is 16.0. The molecule has 1 aliphatic heterocycles. The molecule has 3 nitrogen and oxygen atoms in total. The topological polar surface area (TPSA) is 37.4 Å². The Morgan fingerprint density at radius 3 is 2.67 bits per heavy atom. The molecule has 0 radical (unpaired) electrons. The van der Waals surface area contributed by atoms with Crippen molar-refractivity contribution in [2.45, 2.75) is 56.9 Å². The van der Waals surface area contributed by atoms with Gasteiger partial charge in [-0.2, -0.15) is 4.31 Å². The average molecular weight is 392 g/mol. The maximum atomic E-state index is 13.1. The van der Waals surface area contributed by atoms with Gasteiger partial charge in [-0.15, -0.1) is 11.3 Å². The highest BCUT2D eigenvalue weighted by Crippen LogP contribution is 2.42. The Hall–Kier alpha value is 0.0900. The van der Waals surface area contributed by atoms with Gasteiger partial charge in [0.15, 0.2) is 0 Å². The molecular weight excluding hydrogens is 370 g/mol. The lowest BCUT2D eigenvalue weighted by Gasteiger charge is -2.46. The van der Waals surface area contributed by atoms with Gasteiger partial charge in [0.1, 0.15) is 0 Å². The van der Waals surface area contributed by atoms with Crippen LogP contribution in [0.4, 0.5) is 0 Å². The second-order valence-corrected chi connectivity index (χ2v) is 10.9. The molecule has 1 aromatic heterocycles. The molecule has 118 valence electrons. The van der Waals surface area contributed by atoms with E-state index in [-0.39, 0.29) is 6.04 Å². The molecule has 2 fully saturated rings. The van der Waals surface area contributed by atoms with E-state index in [9.17, 15) is 8.42 Å². The molecule has 1 aromatic rings. The van der Waals surface area contributed by atoms with Crippen LogP contribution in [-0.2, 0) is 10.0 Å². The molecule has 3 unspecified atom stereocenters. The van der Waals surface area contributed by atoms with Crippen LogP contribution in [0.2, 0.25) is 0 Å². The Balaban J connectivity index is 1.96. The highest BCUT2D eigenvalue weighted by atomic mass is 79.9. The van der Waals surface area contributed by atoms with Crippen LogP contribution in [0.5, 0.6) is 0 Å². The van der Waals surface area contributed by atoms with Crippen molar-refractivity contribution in [1.82, 2.24) is 4.31 Å². The fourth-order valence-electron chi connectivity index (χ4n) is 3.98. The minimum atomic E-state index is -3.35. The first-order valence-corrected chi connectivity index (χ1v) is 10.7. The average Bonchev–Trinajstić information content (AvgIpc) is 2.79. The summed E-state index contributed by atoms with van der Waals surface area (Å²) in [6, 6.07) is 1.98. The van der Waals surface area contributed by atoms with Crippen molar-refractivity contribution in [2.24, 2.45) is 11.8 Å². The molecule has 6 heteroatoms. The zero-order chi connectivity index (χ0) is 15.2. The zero-order valence-corrected chi connectivity index (χ0v) is 15.7. The SMILES string of the molecule is Cc1sc(Br)cc1S(=O)(=O)N1CCC(C)C2CCCCC21. The van der Waals surface area contributed by atoms with Gasteiger partial charge >= 0.3 is 0 Å². The highest BCUT2D eigenvalue weighted by molar-refractivity contribution is 9.11. The molecule has 2 heterocycles. The van der Waals surface area contributed by atoms with Crippen molar-refractivity contribution in [3.63, 3.8) is 0 Å². The third kappa shape index (κ3) is 2.84. The van der Waals surface area contributed by atoms with Gasteiger partial charge in [-0.3, -0.25) is 0 Å². The number of nitrogens with zero attached hydrogens (tertiary/aromatic N) is 1. The smallest absolute Gasteiger partial charge is 0.207 e. The molecule has 3 atom stereocenters. The summed E-state index contributed by atoms with van der Waals surface area (Å²) in [6.07, 6.45) is 5.61. The third-order valence-corrected chi connectivity index (χ3v) is 8.85. The van der Waals surface area contributed by atoms with Gasteiger partial charge in [-0.25, -0.2) is 8.42 Å². The van der Waals surface area contributed by atoms with Crippen LogP contribution in [0.15, 0.2) is 14.7 Å². The lowest BCUT2D eigenvalue weighted by Crippen LogP contribution is -2.52. The molecule has 3 rings (SSSR count). The second-order valence-electron chi connectivity index (χ2n) is 6.37. The van der Waals surface area contributed by atoms with E-state index in [1.54, 1.807) is 6.07 Å². The van der Waals surface area contributed by atoms with Gasteiger partial charge in [0, 0.05) is 17.5 Å². The van der Waals surface area contributed by atoms with Crippen LogP contribution in [0, 0.1) is 18.8 Å². The summed E-state index contributed by atoms with van der Waals surface area (Å²) in [5.41, 5.74) is 0. The van der Waals surface area contributed by atoms with E-state index >= 15 is 0 Å². The van der Waals surface area contributed by atoms with Crippen LogP contribution in [0.25, 0.3) is 0 Å². The van der Waals surface area contributed by atoms with E-state index in [4.69, 9.17) is 0 Å². The van der Waals surface area contributed by atoms with Crippen LogP contribution >= 0.6 is 27.3 Å². The maximum Gasteiger partial charge on any atom is 0.244 e. The Labute approximate surface area is 139 Å². The Kier molecular flexibility index (Phi) is 4.52. The molecule has 0 aromatic carbocycles. The fourth-order valence-corrected chi connectivity index (χ4v) is 8.08. The summed E-state index contributed by atoms with van der Waals surface area (Å²) < 4.78 is 28.9. The largest absolute Gasteiger partial charge is 0.244 e. The monoisotopic (exact) mass is 391 g/mol. The van der Waals surface area contributed by atoms with Gasteiger partial charge in [0.2, 0.25) is 10.0 Å². The summed E-state index contributed by atoms with van der Waals surface area (Å²) in [6.45, 7) is 4.87. The Morgan fingerprint density at radius 2 is 2.00 bits per heavy atom. The van der Waals surface area contributed by atoms with Crippen molar-refractivity contribution in [3.8, 4) is 0 Å². The lowest BCUT2D eigenvalue weighted by atomic mass is 9.74. The van der Waals surface area contributed by atoms with Gasteiger partial charge in [0.05, 0.1) is 8.68 Å². The zero-order valence-electron chi connectivity index (χ0n) is 12.5. The summed E-state index contributed by atoms with van der Waals surface area (Å²) >= 11 is 4.91. The molecule has 0 bridgehead atoms. The molecule has 0 spiro atoms. The summed E-state index contributed by atoms with van der Waals surface area (Å²) in [4.78, 5) is 1.38. The molecule has 0 N–H and O–H groups in total. The van der Waals surface area contributed by atoms with Crippen molar-refractivity contribution >= 4 is 37.3 Å². The number of hydrogen-bond donors (Lipinski definition) is 0. The van der Waals surface area contributed by atoms with Crippen LogP contribution < -0.4 is 0 Å². The molecule has 1 aliphatic carbocycles. The normalized spacial score (nSPS) is 31.1. The van der Waals surface area contributed by atoms with E-state index in [0.717, 1.165) is 27.9 Å². The van der Waals surface area contributed by atoms with Crippen LogP contribution in [0.3, 0.4) is 0 Å². The molecular formula is C15H22BrNO2S2. The summed E-state index contributed by atoms with van der Waals surface area (Å²) in [5, 5.41) is 0. The van der Waals surface area contributed by atoms with Crippen molar-refractivity contribution in [1.29, 1.82) is 0 Å². The summed E-state index contributed by atoms with van der Waals surface area (Å²) in [5.74, 6) is 1.20. The molecule has 21 heavy (non-hydrogen) atoms. The minimum Gasteiger partial charge on any atom is -0.207 e. The van der Waals surface area contributed by atoms with Gasteiger partial charge < -0.3 is 0 Å². The van der Waals surface area contributed by atoms with Crippen LogP contribution in [0.1, 0.15) is 43.9 Å². The third-order valence-electron chi connectivity index (χ3n) is 5.12. The predicted molar refractivity (Wildman–Crippen MR) is 90.2 cm³/mol. The number of aryl methyl sites for hydroxylation is 1. The number of thiophene rings is 1. The van der Waals surface area contributed by atoms with E-state index in [1.807, 2.05) is 11.2 Å². The van der Waals surface area contributed by atoms with Gasteiger partial charge in [-0.1, -0.05) is 19.8 Å². The second kappa shape index (κ2) is 5.95. The predicted octanol–water partition coefficient (Wildman–Crippen LogP) is 4.41. The van der Waals surface area contributed by atoms with Gasteiger partial charge in [-0.05, 0) is 60.0 Å². The van der Waals surface area contributed by atoms with Gasteiger partial charge in [0.25, 0.3) is 0 Å². The van der Waals surface area contributed by atoms with E-state index < -0.39 is 10.0 Å². The Morgan fingerprint density at radius 1 is 1.29 bits per heavy atom. The number of halogens is 1. The number of sulfonamides is 1. The molecule has 0 amide bonds. The Bertz CT molecular complexity index is 626. The molecule has 1 saturated heterocycles. The van der Waals surface area contributed by atoms with Crippen molar-refractivity contribution < 1.29 is 8.42 Å². The fraction of sp³-hybridized carbons (Fsp3) is 0.733. The van der Waals surface area contributed by atoms with E-state index in [2.05, 4.69) is 22.9 Å². The maximum absolute atomic E-state index is 13.1. The molecule has 2 aliphatic rings. The quantitative estimate of drug-likeness (QED) is 0.748. The highest BCUT2D eigenvalue weighted by Gasteiger charge is 2.43. The standard InChI is InChI=1S/C15H22BrNO2S2/c1-10-7-8-17(13-6-4-3-5-12(10)13)21(18,19)14-9-15(16)20-11(14)2/h9-10,12-13H,3-8H2,1-2H3. The number of piperidine rings is 1. The first-order valence-electron chi connectivity index (χ1n) is 7.69. The minimum absolute atomic E-state index is 0.213. The summed E-state index contributed by atoms with van der Waals surface area (Å²) in [7, 11) is -3.35. The van der Waals surface area contributed by atoms with Crippen LogP contribution in [-0.4, -0.2) is 25.3 Å². The van der Waals surface area contributed by atoms with E-state index in [0.29, 0.717) is 23.3 Å². The number of fused-ring (bicyclic) bond motifs is 1. The molecule has 1 saturated carbocycles. The lowest BCUT2D eigenvalue weighted by molar-refractivity contribution is 0.0827. The van der Waals surface area contributed by atoms with Crippen molar-refractivity contribution in [2.75, 3.05) is 6.54 Å². The number of hydrogen-bond acceptors (Lipinski definition) is 3. The van der Waals surface area contributed by atoms with E-state index in [1.165, 1.54) is 24.2 Å².